The Balaban J connectivity index is 1.40. The third kappa shape index (κ3) is 4.70. The smallest absolute Gasteiger partial charge is 0.119 e. The van der Waals surface area contributed by atoms with Gasteiger partial charge in [-0.25, -0.2) is 0 Å². The Morgan fingerprint density at radius 1 is 0.605 bits per heavy atom. The highest BCUT2D eigenvalue weighted by Gasteiger charge is 2.71. The third-order valence-corrected chi connectivity index (χ3v) is 14.3. The predicted molar refractivity (Wildman–Crippen MR) is 178 cm³/mol. The van der Waals surface area contributed by atoms with Crippen LogP contribution in [0.5, 0.6) is 11.5 Å². The fraction of sp³-hybridized carbons (Fsp3) is 0.707. The third-order valence-electron chi connectivity index (χ3n) is 14.3. The lowest BCUT2D eigenvalue weighted by molar-refractivity contribution is -0.196. The van der Waals surface area contributed by atoms with Crippen molar-refractivity contribution in [2.24, 2.45) is 22.2 Å². The van der Waals surface area contributed by atoms with Crippen LogP contribution in [-0.2, 0) is 10.8 Å². The van der Waals surface area contributed by atoms with Gasteiger partial charge >= 0.3 is 0 Å². The SMILES string of the molecule is CC(C)C12CC3(c4ccc(O)c(C5CCCCC5)c4)CC(c4ccc(O)c(C5CCCCC5)c4)(C1)CC(C(C)(C)C)(C3)C2. The second-order valence-corrected chi connectivity index (χ2v) is 17.9. The van der Waals surface area contributed by atoms with E-state index in [1.807, 2.05) is 0 Å². The molecule has 2 atom stereocenters. The molecule has 234 valence electrons. The van der Waals surface area contributed by atoms with Gasteiger partial charge < -0.3 is 10.2 Å². The minimum Gasteiger partial charge on any atom is -0.508 e. The molecule has 6 fully saturated rings. The number of hydrogen-bond acceptors (Lipinski definition) is 2. The van der Waals surface area contributed by atoms with Gasteiger partial charge in [0, 0.05) is 0 Å². The van der Waals surface area contributed by atoms with Crippen molar-refractivity contribution in [2.75, 3.05) is 0 Å². The van der Waals surface area contributed by atoms with Gasteiger partial charge in [-0.2, -0.15) is 0 Å². The monoisotopic (exact) mass is 582 g/mol. The van der Waals surface area contributed by atoms with Crippen molar-refractivity contribution in [1.82, 2.24) is 0 Å². The van der Waals surface area contributed by atoms with Gasteiger partial charge in [-0.05, 0) is 143 Å². The Kier molecular flexibility index (Phi) is 7.11. The molecule has 0 aliphatic heterocycles. The summed E-state index contributed by atoms with van der Waals surface area (Å²) in [6.07, 6.45) is 20.3. The molecule has 6 aliphatic rings. The zero-order valence-electron chi connectivity index (χ0n) is 27.9. The Morgan fingerprint density at radius 3 is 1.44 bits per heavy atom. The Morgan fingerprint density at radius 2 is 1.05 bits per heavy atom. The fourth-order valence-electron chi connectivity index (χ4n) is 12.0. The minimum atomic E-state index is 0.117. The highest BCUT2D eigenvalue weighted by Crippen LogP contribution is 2.79. The number of phenolic OH excluding ortho intramolecular Hbond substituents is 2. The number of aromatic hydroxyl groups is 2. The van der Waals surface area contributed by atoms with E-state index in [9.17, 15) is 10.2 Å². The van der Waals surface area contributed by atoms with Crippen molar-refractivity contribution in [2.45, 2.75) is 160 Å². The van der Waals surface area contributed by atoms with Crippen LogP contribution in [0.2, 0.25) is 0 Å². The molecule has 0 amide bonds. The van der Waals surface area contributed by atoms with E-state index < -0.39 is 0 Å². The van der Waals surface area contributed by atoms with Crippen molar-refractivity contribution in [3.05, 3.63) is 58.7 Å². The van der Waals surface area contributed by atoms with Crippen molar-refractivity contribution >= 4 is 0 Å². The first-order chi connectivity index (χ1) is 20.4. The molecule has 0 aromatic heterocycles. The minimum absolute atomic E-state index is 0.117. The van der Waals surface area contributed by atoms with Crippen molar-refractivity contribution in [1.29, 1.82) is 0 Å². The first-order valence-electron chi connectivity index (χ1n) is 18.1. The van der Waals surface area contributed by atoms with Crippen molar-refractivity contribution in [3.8, 4) is 11.5 Å². The fourth-order valence-corrected chi connectivity index (χ4v) is 12.0. The summed E-state index contributed by atoms with van der Waals surface area (Å²) >= 11 is 0. The summed E-state index contributed by atoms with van der Waals surface area (Å²) in [5.74, 6) is 2.67. The van der Waals surface area contributed by atoms with Crippen LogP contribution in [-0.4, -0.2) is 10.2 Å². The number of benzene rings is 2. The number of phenols is 2. The van der Waals surface area contributed by atoms with E-state index >= 15 is 0 Å². The Hall–Kier alpha value is -1.96. The maximum Gasteiger partial charge on any atom is 0.119 e. The van der Waals surface area contributed by atoms with Crippen molar-refractivity contribution in [3.63, 3.8) is 0 Å². The molecule has 0 saturated heterocycles. The predicted octanol–water partition coefficient (Wildman–Crippen LogP) is 11.4. The molecule has 43 heavy (non-hydrogen) atoms. The highest BCUT2D eigenvalue weighted by atomic mass is 16.3. The zero-order chi connectivity index (χ0) is 30.3. The zero-order valence-corrected chi connectivity index (χ0v) is 27.9. The van der Waals surface area contributed by atoms with Gasteiger partial charge in [-0.3, -0.25) is 0 Å². The molecule has 0 spiro atoms. The van der Waals surface area contributed by atoms with Gasteiger partial charge in [0.25, 0.3) is 0 Å². The number of rotatable bonds is 5. The van der Waals surface area contributed by atoms with Gasteiger partial charge in [0.05, 0.1) is 0 Å². The summed E-state index contributed by atoms with van der Waals surface area (Å²) in [6.45, 7) is 12.6. The molecule has 6 saturated carbocycles. The molecule has 2 aromatic carbocycles. The molecule has 8 rings (SSSR count). The van der Waals surface area contributed by atoms with Crippen LogP contribution >= 0.6 is 0 Å². The molecule has 2 aromatic rings. The van der Waals surface area contributed by atoms with E-state index in [1.165, 1.54) is 125 Å². The van der Waals surface area contributed by atoms with Crippen LogP contribution in [0.1, 0.15) is 171 Å². The summed E-state index contributed by atoms with van der Waals surface area (Å²) < 4.78 is 0. The summed E-state index contributed by atoms with van der Waals surface area (Å²) in [5, 5.41) is 22.3. The molecule has 2 nitrogen and oxygen atoms in total. The molecular weight excluding hydrogens is 524 g/mol. The van der Waals surface area contributed by atoms with E-state index in [-0.39, 0.29) is 21.7 Å². The first kappa shape index (κ1) is 29.7. The van der Waals surface area contributed by atoms with Gasteiger partial charge in [0.2, 0.25) is 0 Å². The maximum absolute atomic E-state index is 11.2. The second kappa shape index (κ2) is 10.3. The summed E-state index contributed by atoms with van der Waals surface area (Å²) in [5.41, 5.74) is 6.49. The van der Waals surface area contributed by atoms with Crippen LogP contribution in [0.15, 0.2) is 36.4 Å². The molecular formula is C41H58O2. The van der Waals surface area contributed by atoms with E-state index in [0.717, 1.165) is 0 Å². The molecule has 0 heterocycles. The lowest BCUT2D eigenvalue weighted by Crippen LogP contribution is -2.68. The van der Waals surface area contributed by atoms with E-state index in [4.69, 9.17) is 0 Å². The summed E-state index contributed by atoms with van der Waals surface area (Å²) in [7, 11) is 0. The van der Waals surface area contributed by atoms with Crippen LogP contribution in [0.4, 0.5) is 0 Å². The van der Waals surface area contributed by atoms with Crippen LogP contribution in [0.3, 0.4) is 0 Å². The van der Waals surface area contributed by atoms with Crippen LogP contribution in [0, 0.1) is 22.2 Å². The normalized spacial score (nSPS) is 35.1. The van der Waals surface area contributed by atoms with Crippen LogP contribution in [0.25, 0.3) is 0 Å². The average molecular weight is 583 g/mol. The lowest BCUT2D eigenvalue weighted by Gasteiger charge is -2.75. The van der Waals surface area contributed by atoms with Gasteiger partial charge in [-0.1, -0.05) is 97.4 Å². The first-order valence-corrected chi connectivity index (χ1v) is 18.1. The van der Waals surface area contributed by atoms with Gasteiger partial charge in [0.15, 0.2) is 0 Å². The maximum atomic E-state index is 11.2. The largest absolute Gasteiger partial charge is 0.508 e. The van der Waals surface area contributed by atoms with Crippen LogP contribution < -0.4 is 0 Å². The second-order valence-electron chi connectivity index (χ2n) is 17.9. The van der Waals surface area contributed by atoms with E-state index in [0.29, 0.717) is 34.7 Å². The number of hydrogen-bond donors (Lipinski definition) is 2. The highest BCUT2D eigenvalue weighted by molar-refractivity contribution is 5.48. The Bertz CT molecular complexity index is 1260. The standard InChI is InChI=1S/C41H58O2/c1-28(2)38-22-39(31-16-18-35(42)33(20-31)29-12-8-6-9-13-29)24-40(23-38,27-41(25-38,26-39)37(3,4)5)32-17-19-36(43)34(21-32)30-14-10-7-11-15-30/h16-21,28-30,42-43H,6-15,22-27H2,1-5H3. The van der Waals surface area contributed by atoms with Gasteiger partial charge in [-0.15, -0.1) is 0 Å². The quantitative estimate of drug-likeness (QED) is 0.368. The average Bonchev–Trinajstić information content (AvgIpc) is 2.97. The lowest BCUT2D eigenvalue weighted by atomic mass is 9.29. The van der Waals surface area contributed by atoms with E-state index in [2.05, 4.69) is 71.0 Å². The molecule has 2 N–H and O–H groups in total. The Labute approximate surface area is 262 Å². The van der Waals surface area contributed by atoms with Crippen molar-refractivity contribution < 1.29 is 10.2 Å². The van der Waals surface area contributed by atoms with Gasteiger partial charge in [0.1, 0.15) is 11.5 Å². The molecule has 0 radical (unpaired) electrons. The topological polar surface area (TPSA) is 40.5 Å². The molecule has 6 aliphatic carbocycles. The van der Waals surface area contributed by atoms with E-state index in [1.54, 1.807) is 0 Å². The molecule has 2 unspecified atom stereocenters. The molecule has 4 bridgehead atoms. The molecule has 2 heteroatoms. The summed E-state index contributed by atoms with van der Waals surface area (Å²) in [6, 6.07) is 13.8. The summed E-state index contributed by atoms with van der Waals surface area (Å²) in [4.78, 5) is 0.